The first-order valence-corrected chi connectivity index (χ1v) is 8.61. The van der Waals surface area contributed by atoms with Gasteiger partial charge in [0, 0.05) is 23.3 Å². The number of carbonyl (C=O) groups excluding carboxylic acids is 1. The number of esters is 1. The normalized spacial score (nSPS) is 17.4. The van der Waals surface area contributed by atoms with Crippen LogP contribution in [0.25, 0.3) is 4.85 Å². The van der Waals surface area contributed by atoms with Crippen LogP contribution in [0.15, 0.2) is 41.0 Å². The molecular weight excluding hydrogens is 314 g/mol. The maximum atomic E-state index is 12.9. The van der Waals surface area contributed by atoms with Gasteiger partial charge in [0.05, 0.1) is 24.2 Å². The van der Waals surface area contributed by atoms with Crippen molar-refractivity contribution in [3.8, 4) is 0 Å². The van der Waals surface area contributed by atoms with E-state index in [9.17, 15) is 4.79 Å². The van der Waals surface area contributed by atoms with Crippen molar-refractivity contribution in [2.24, 2.45) is 0 Å². The van der Waals surface area contributed by atoms with Gasteiger partial charge in [-0.2, -0.15) is 0 Å². The van der Waals surface area contributed by atoms with Crippen LogP contribution in [0, 0.1) is 13.5 Å². The van der Waals surface area contributed by atoms with Crippen molar-refractivity contribution in [1.82, 2.24) is 10.3 Å². The quantitative estimate of drug-likeness (QED) is 0.644. The Hall–Kier alpha value is -2.61. The molecule has 0 saturated carbocycles. The molecule has 1 aliphatic heterocycles. The highest BCUT2D eigenvalue weighted by atomic mass is 16.5. The second-order valence-electron chi connectivity index (χ2n) is 6.45. The van der Waals surface area contributed by atoms with E-state index in [1.807, 2.05) is 39.8 Å². The third kappa shape index (κ3) is 3.90. The minimum absolute atomic E-state index is 0.220. The van der Waals surface area contributed by atoms with Gasteiger partial charge in [0.1, 0.15) is 0 Å². The standard InChI is InChI=1S/C20H25N3O2/c1-7-9-16-18(20(24)25-12(2)3)17(19(21-6)14(5)23-16)15-10-8-11-22-13(15)4/h8,10-12,17,23H,7,9H2,1-5H3. The van der Waals surface area contributed by atoms with E-state index in [0.29, 0.717) is 11.3 Å². The summed E-state index contributed by atoms with van der Waals surface area (Å²) in [6.07, 6.45) is 3.11. The van der Waals surface area contributed by atoms with E-state index in [1.54, 1.807) is 6.20 Å². The van der Waals surface area contributed by atoms with Crippen LogP contribution in [0.3, 0.4) is 0 Å². The van der Waals surface area contributed by atoms with Crippen LogP contribution in [0.2, 0.25) is 0 Å². The number of hydrogen-bond acceptors (Lipinski definition) is 4. The third-order valence-electron chi connectivity index (χ3n) is 4.15. The van der Waals surface area contributed by atoms with Crippen LogP contribution in [0.4, 0.5) is 0 Å². The molecule has 1 aromatic rings. The summed E-state index contributed by atoms with van der Waals surface area (Å²) < 4.78 is 5.50. The zero-order valence-corrected chi connectivity index (χ0v) is 15.5. The molecule has 2 rings (SSSR count). The van der Waals surface area contributed by atoms with Crippen molar-refractivity contribution in [3.05, 3.63) is 63.7 Å². The Morgan fingerprint density at radius 1 is 1.44 bits per heavy atom. The van der Waals surface area contributed by atoms with Crippen LogP contribution in [0.1, 0.15) is 57.7 Å². The highest BCUT2D eigenvalue weighted by Crippen LogP contribution is 2.41. The number of allylic oxidation sites excluding steroid dienone is 3. The predicted molar refractivity (Wildman–Crippen MR) is 97.3 cm³/mol. The summed E-state index contributed by atoms with van der Waals surface area (Å²) in [6, 6.07) is 3.77. The molecule has 5 heteroatoms. The molecule has 0 spiro atoms. The number of nitrogens with one attached hydrogen (secondary N) is 1. The van der Waals surface area contributed by atoms with Crippen LogP contribution < -0.4 is 5.32 Å². The third-order valence-corrected chi connectivity index (χ3v) is 4.15. The van der Waals surface area contributed by atoms with E-state index in [1.165, 1.54) is 0 Å². The van der Waals surface area contributed by atoms with Crippen LogP contribution >= 0.6 is 0 Å². The van der Waals surface area contributed by atoms with Crippen molar-refractivity contribution < 1.29 is 9.53 Å². The van der Waals surface area contributed by atoms with E-state index in [2.05, 4.69) is 22.1 Å². The number of ether oxygens (including phenoxy) is 1. The molecule has 1 atom stereocenters. The average Bonchev–Trinajstić information content (AvgIpc) is 2.54. The van der Waals surface area contributed by atoms with Crippen molar-refractivity contribution in [2.75, 3.05) is 0 Å². The van der Waals surface area contributed by atoms with E-state index in [-0.39, 0.29) is 12.1 Å². The number of carbonyl (C=O) groups is 1. The fraction of sp³-hybridized carbons (Fsp3) is 0.450. The highest BCUT2D eigenvalue weighted by molar-refractivity contribution is 5.93. The van der Waals surface area contributed by atoms with Crippen molar-refractivity contribution in [3.63, 3.8) is 0 Å². The molecule has 0 radical (unpaired) electrons. The Morgan fingerprint density at radius 3 is 2.72 bits per heavy atom. The van der Waals surface area contributed by atoms with Gasteiger partial charge in [-0.25, -0.2) is 9.64 Å². The summed E-state index contributed by atoms with van der Waals surface area (Å²) in [5.41, 5.74) is 4.36. The van der Waals surface area contributed by atoms with E-state index in [0.717, 1.165) is 35.5 Å². The molecule has 0 aliphatic carbocycles. The number of aryl methyl sites for hydroxylation is 1. The molecule has 1 N–H and O–H groups in total. The summed E-state index contributed by atoms with van der Waals surface area (Å²) in [7, 11) is 0. The maximum Gasteiger partial charge on any atom is 0.335 e. The fourth-order valence-corrected chi connectivity index (χ4v) is 3.10. The number of rotatable bonds is 5. The summed E-state index contributed by atoms with van der Waals surface area (Å²) in [5, 5.41) is 3.27. The fourth-order valence-electron chi connectivity index (χ4n) is 3.10. The zero-order valence-electron chi connectivity index (χ0n) is 15.5. The molecule has 132 valence electrons. The topological polar surface area (TPSA) is 55.6 Å². The Morgan fingerprint density at radius 2 is 2.16 bits per heavy atom. The highest BCUT2D eigenvalue weighted by Gasteiger charge is 2.36. The van der Waals surface area contributed by atoms with Gasteiger partial charge in [0.25, 0.3) is 0 Å². The second kappa shape index (κ2) is 7.98. The summed E-state index contributed by atoms with van der Waals surface area (Å²) >= 11 is 0. The number of hydrogen-bond donors (Lipinski definition) is 1. The molecule has 0 fully saturated rings. The molecule has 2 heterocycles. The molecule has 0 aromatic carbocycles. The first-order valence-electron chi connectivity index (χ1n) is 8.61. The summed E-state index contributed by atoms with van der Waals surface area (Å²) in [4.78, 5) is 21.0. The lowest BCUT2D eigenvalue weighted by Crippen LogP contribution is -2.30. The Balaban J connectivity index is 2.68. The van der Waals surface area contributed by atoms with E-state index < -0.39 is 5.92 Å². The zero-order chi connectivity index (χ0) is 18.6. The number of pyridine rings is 1. The van der Waals surface area contributed by atoms with Gasteiger partial charge >= 0.3 is 5.97 Å². The van der Waals surface area contributed by atoms with Gasteiger partial charge in [0.2, 0.25) is 0 Å². The maximum absolute atomic E-state index is 12.9. The smallest absolute Gasteiger partial charge is 0.335 e. The van der Waals surface area contributed by atoms with Crippen molar-refractivity contribution in [2.45, 2.75) is 59.5 Å². The molecule has 0 saturated heterocycles. The minimum atomic E-state index is -0.444. The molecule has 25 heavy (non-hydrogen) atoms. The Bertz CT molecular complexity index is 769. The SMILES string of the molecule is [C-]#[N+]C1=C(C)NC(CCC)=C(C(=O)OC(C)C)C1c1cccnc1C. The lowest BCUT2D eigenvalue weighted by molar-refractivity contribution is -0.143. The van der Waals surface area contributed by atoms with Crippen LogP contribution in [0.5, 0.6) is 0 Å². The first kappa shape index (κ1) is 18.7. The van der Waals surface area contributed by atoms with Crippen molar-refractivity contribution in [1.29, 1.82) is 0 Å². The van der Waals surface area contributed by atoms with Gasteiger partial charge < -0.3 is 10.1 Å². The lowest BCUT2D eigenvalue weighted by atomic mass is 9.82. The molecular formula is C20H25N3O2. The molecule has 0 amide bonds. The molecule has 1 unspecified atom stereocenters. The lowest BCUT2D eigenvalue weighted by Gasteiger charge is -2.30. The van der Waals surface area contributed by atoms with Gasteiger partial charge in [-0.05, 0) is 45.7 Å². The Labute approximate surface area is 149 Å². The van der Waals surface area contributed by atoms with E-state index in [4.69, 9.17) is 11.3 Å². The van der Waals surface area contributed by atoms with Gasteiger partial charge in [-0.15, -0.1) is 0 Å². The number of dihydropyridines is 1. The predicted octanol–water partition coefficient (Wildman–Crippen LogP) is 4.23. The summed E-state index contributed by atoms with van der Waals surface area (Å²) in [6.45, 7) is 17.2. The van der Waals surface area contributed by atoms with Crippen LogP contribution in [-0.2, 0) is 9.53 Å². The van der Waals surface area contributed by atoms with Gasteiger partial charge in [-0.1, -0.05) is 19.4 Å². The molecule has 5 nitrogen and oxygen atoms in total. The first-order chi connectivity index (χ1) is 11.9. The largest absolute Gasteiger partial charge is 0.460 e. The van der Waals surface area contributed by atoms with Gasteiger partial charge in [0.15, 0.2) is 5.70 Å². The van der Waals surface area contributed by atoms with Crippen LogP contribution in [-0.4, -0.2) is 17.1 Å². The van der Waals surface area contributed by atoms with E-state index >= 15 is 0 Å². The van der Waals surface area contributed by atoms with Gasteiger partial charge in [-0.3, -0.25) is 4.98 Å². The number of nitrogens with zero attached hydrogens (tertiary/aromatic N) is 2. The average molecular weight is 339 g/mol. The van der Waals surface area contributed by atoms with Crippen molar-refractivity contribution >= 4 is 5.97 Å². The summed E-state index contributed by atoms with van der Waals surface area (Å²) in [5.74, 6) is -0.812. The molecule has 1 aliphatic rings. The molecule has 0 bridgehead atoms. The Kier molecular flexibility index (Phi) is 5.97. The monoisotopic (exact) mass is 339 g/mol. The number of aromatic nitrogens is 1. The minimum Gasteiger partial charge on any atom is -0.460 e. The molecule has 1 aromatic heterocycles. The second-order valence-corrected chi connectivity index (χ2v) is 6.45.